The van der Waals surface area contributed by atoms with Gasteiger partial charge < -0.3 is 28.4 Å². The Morgan fingerprint density at radius 3 is 1.97 bits per heavy atom. The van der Waals surface area contributed by atoms with Crippen LogP contribution in [0.25, 0.3) is 0 Å². The van der Waals surface area contributed by atoms with Gasteiger partial charge in [-0.3, -0.25) is 9.59 Å². The lowest BCUT2D eigenvalue weighted by molar-refractivity contribution is -0.191. The molecule has 0 saturated carbocycles. The summed E-state index contributed by atoms with van der Waals surface area (Å²) in [6.07, 6.45) is -0.828. The summed E-state index contributed by atoms with van der Waals surface area (Å²) in [7, 11) is 3.10. The van der Waals surface area contributed by atoms with Gasteiger partial charge in [-0.1, -0.05) is 12.1 Å². The van der Waals surface area contributed by atoms with E-state index < -0.39 is 12.2 Å². The Hall–Kier alpha value is -3.42. The molecule has 162 valence electrons. The number of hydrogen-bond donors (Lipinski definition) is 0. The number of benzene rings is 2. The summed E-state index contributed by atoms with van der Waals surface area (Å²) < 4.78 is 33.0. The molecule has 0 N–H and O–H groups in total. The van der Waals surface area contributed by atoms with E-state index in [1.54, 1.807) is 32.4 Å². The fraction of sp³-hybridized carbons (Fsp3) is 0.391. The minimum atomic E-state index is -0.588. The number of carbonyl (C=O) groups excluding carboxylic acids is 2. The van der Waals surface area contributed by atoms with Gasteiger partial charge in [0, 0.05) is 11.8 Å². The molecule has 0 unspecified atom stereocenters. The summed E-state index contributed by atoms with van der Waals surface area (Å²) in [6, 6.07) is 10.8. The van der Waals surface area contributed by atoms with Gasteiger partial charge in [-0.25, -0.2) is 0 Å². The standard InChI is InChI=1S/C23H22O8/c1-26-16-5-3-12(7-18(16)27-2)22-14-9-21(25)31-23(15(14)10-20(24)30-22)13-4-6-17-19(8-13)29-11-28-17/h3-8,14-15,22-23H,9-11H2,1-2H3/t14-,15-,22+,23+/m0/s1. The molecule has 5 rings (SSSR count). The van der Waals surface area contributed by atoms with Crippen molar-refractivity contribution in [3.63, 3.8) is 0 Å². The van der Waals surface area contributed by atoms with Gasteiger partial charge in [-0.2, -0.15) is 0 Å². The predicted octanol–water partition coefficient (Wildman–Crippen LogP) is 3.34. The monoisotopic (exact) mass is 426 g/mol. The molecular weight excluding hydrogens is 404 g/mol. The molecule has 0 aliphatic carbocycles. The van der Waals surface area contributed by atoms with E-state index in [1.165, 1.54) is 0 Å². The number of cyclic esters (lactones) is 2. The summed E-state index contributed by atoms with van der Waals surface area (Å²) in [5.41, 5.74) is 1.52. The highest BCUT2D eigenvalue weighted by Crippen LogP contribution is 2.51. The molecule has 8 heteroatoms. The molecule has 0 spiro atoms. The minimum Gasteiger partial charge on any atom is -0.493 e. The van der Waals surface area contributed by atoms with Crippen LogP contribution in [0, 0.1) is 11.8 Å². The van der Waals surface area contributed by atoms with E-state index in [9.17, 15) is 9.59 Å². The van der Waals surface area contributed by atoms with Gasteiger partial charge >= 0.3 is 11.9 Å². The molecule has 0 amide bonds. The molecule has 0 bridgehead atoms. The van der Waals surface area contributed by atoms with Crippen LogP contribution in [-0.2, 0) is 19.1 Å². The average molecular weight is 426 g/mol. The van der Waals surface area contributed by atoms with Crippen molar-refractivity contribution in [3.05, 3.63) is 47.5 Å². The van der Waals surface area contributed by atoms with Crippen molar-refractivity contribution in [2.75, 3.05) is 21.0 Å². The van der Waals surface area contributed by atoms with Crippen LogP contribution in [0.4, 0.5) is 0 Å². The summed E-state index contributed by atoms with van der Waals surface area (Å²) in [4.78, 5) is 25.1. The smallest absolute Gasteiger partial charge is 0.306 e. The number of ether oxygens (including phenoxy) is 6. The van der Waals surface area contributed by atoms with E-state index in [0.29, 0.717) is 23.0 Å². The second-order valence-corrected chi connectivity index (χ2v) is 7.78. The molecular formula is C23H22O8. The van der Waals surface area contributed by atoms with Crippen LogP contribution < -0.4 is 18.9 Å². The zero-order valence-electron chi connectivity index (χ0n) is 17.2. The van der Waals surface area contributed by atoms with Crippen molar-refractivity contribution in [1.29, 1.82) is 0 Å². The van der Waals surface area contributed by atoms with Crippen LogP contribution in [0.15, 0.2) is 36.4 Å². The average Bonchev–Trinajstić information content (AvgIpc) is 3.26. The lowest BCUT2D eigenvalue weighted by atomic mass is 9.72. The molecule has 0 aromatic heterocycles. The van der Waals surface area contributed by atoms with Gasteiger partial charge in [0.2, 0.25) is 6.79 Å². The Labute approximate surface area is 178 Å². The van der Waals surface area contributed by atoms with E-state index in [2.05, 4.69) is 0 Å². The topological polar surface area (TPSA) is 89.5 Å². The maximum Gasteiger partial charge on any atom is 0.306 e. The number of esters is 2. The fourth-order valence-corrected chi connectivity index (χ4v) is 4.66. The first-order chi connectivity index (χ1) is 15.1. The number of methoxy groups -OCH3 is 2. The van der Waals surface area contributed by atoms with E-state index in [4.69, 9.17) is 28.4 Å². The van der Waals surface area contributed by atoms with Crippen molar-refractivity contribution in [3.8, 4) is 23.0 Å². The van der Waals surface area contributed by atoms with Crippen molar-refractivity contribution in [2.45, 2.75) is 25.0 Å². The van der Waals surface area contributed by atoms with Crippen LogP contribution in [0.1, 0.15) is 36.2 Å². The second-order valence-electron chi connectivity index (χ2n) is 7.78. The van der Waals surface area contributed by atoms with E-state index in [-0.39, 0.29) is 43.4 Å². The SMILES string of the molecule is COc1ccc([C@H]2OC(=O)C[C@H]3[C@@H]2CC(=O)O[C@@H]3c2ccc3c(c2)OCO3)cc1OC. The molecule has 2 fully saturated rings. The van der Waals surface area contributed by atoms with E-state index in [1.807, 2.05) is 18.2 Å². The van der Waals surface area contributed by atoms with Crippen LogP contribution in [0.2, 0.25) is 0 Å². The fourth-order valence-electron chi connectivity index (χ4n) is 4.66. The molecule has 0 radical (unpaired) electrons. The highest BCUT2D eigenvalue weighted by molar-refractivity contribution is 5.75. The van der Waals surface area contributed by atoms with Gasteiger partial charge in [0.05, 0.1) is 27.1 Å². The number of hydrogen-bond acceptors (Lipinski definition) is 8. The minimum absolute atomic E-state index is 0.156. The number of rotatable bonds is 4. The molecule has 8 nitrogen and oxygen atoms in total. The van der Waals surface area contributed by atoms with Crippen molar-refractivity contribution < 1.29 is 38.0 Å². The number of carbonyl (C=O) groups is 2. The maximum atomic E-state index is 12.6. The largest absolute Gasteiger partial charge is 0.493 e. The molecule has 3 heterocycles. The van der Waals surface area contributed by atoms with Gasteiger partial charge in [-0.15, -0.1) is 0 Å². The summed E-state index contributed by atoms with van der Waals surface area (Å²) in [5, 5.41) is 0. The third kappa shape index (κ3) is 3.41. The molecule has 2 saturated heterocycles. The Balaban J connectivity index is 1.51. The van der Waals surface area contributed by atoms with Crippen molar-refractivity contribution in [1.82, 2.24) is 0 Å². The summed E-state index contributed by atoms with van der Waals surface area (Å²) in [5.74, 6) is 1.25. The van der Waals surface area contributed by atoms with Gasteiger partial charge in [0.15, 0.2) is 23.0 Å². The summed E-state index contributed by atoms with van der Waals surface area (Å²) >= 11 is 0. The first-order valence-electron chi connectivity index (χ1n) is 10.1. The second kappa shape index (κ2) is 7.68. The van der Waals surface area contributed by atoms with Crippen LogP contribution in [-0.4, -0.2) is 33.0 Å². The normalized spacial score (nSPS) is 26.5. The Morgan fingerprint density at radius 2 is 1.32 bits per heavy atom. The van der Waals surface area contributed by atoms with Gasteiger partial charge in [0.1, 0.15) is 12.2 Å². The molecule has 3 aliphatic rings. The van der Waals surface area contributed by atoms with Crippen LogP contribution in [0.5, 0.6) is 23.0 Å². The number of fused-ring (bicyclic) bond motifs is 2. The molecule has 2 aromatic carbocycles. The maximum absolute atomic E-state index is 12.6. The molecule has 31 heavy (non-hydrogen) atoms. The van der Waals surface area contributed by atoms with E-state index in [0.717, 1.165) is 11.1 Å². The third-order valence-corrected chi connectivity index (χ3v) is 6.11. The Morgan fingerprint density at radius 1 is 0.742 bits per heavy atom. The lowest BCUT2D eigenvalue weighted by Crippen LogP contribution is -2.43. The lowest BCUT2D eigenvalue weighted by Gasteiger charge is -2.43. The molecule has 3 aliphatic heterocycles. The highest BCUT2D eigenvalue weighted by atomic mass is 16.7. The molecule has 2 aromatic rings. The summed E-state index contributed by atoms with van der Waals surface area (Å²) in [6.45, 7) is 0.156. The highest BCUT2D eigenvalue weighted by Gasteiger charge is 2.49. The van der Waals surface area contributed by atoms with E-state index >= 15 is 0 Å². The van der Waals surface area contributed by atoms with Crippen LogP contribution in [0.3, 0.4) is 0 Å². The predicted molar refractivity (Wildman–Crippen MR) is 106 cm³/mol. The Kier molecular flexibility index (Phi) is 4.84. The first-order valence-corrected chi connectivity index (χ1v) is 10.1. The van der Waals surface area contributed by atoms with Gasteiger partial charge in [-0.05, 0) is 35.4 Å². The quantitative estimate of drug-likeness (QED) is 0.688. The zero-order chi connectivity index (χ0) is 21.5. The molecule has 4 atom stereocenters. The van der Waals surface area contributed by atoms with Crippen molar-refractivity contribution >= 4 is 11.9 Å². The zero-order valence-corrected chi connectivity index (χ0v) is 17.2. The Bertz CT molecular complexity index is 1030. The first kappa shape index (κ1) is 19.5. The van der Waals surface area contributed by atoms with Gasteiger partial charge in [0.25, 0.3) is 0 Å². The van der Waals surface area contributed by atoms with Crippen LogP contribution >= 0.6 is 0 Å². The van der Waals surface area contributed by atoms with Crippen molar-refractivity contribution in [2.24, 2.45) is 11.8 Å². The third-order valence-electron chi connectivity index (χ3n) is 6.11.